The van der Waals surface area contributed by atoms with E-state index in [0.717, 1.165) is 17.0 Å². The van der Waals surface area contributed by atoms with Crippen LogP contribution in [0.15, 0.2) is 30.6 Å². The fourth-order valence-corrected chi connectivity index (χ4v) is 1.63. The summed E-state index contributed by atoms with van der Waals surface area (Å²) in [5, 5.41) is 9.73. The summed E-state index contributed by atoms with van der Waals surface area (Å²) < 4.78 is 0. The minimum absolute atomic E-state index is 0.270. The SMILES string of the molecule is CC(C)c1[nH]cnc1-c1ccccc1O. The molecule has 0 fully saturated rings. The van der Waals surface area contributed by atoms with Crippen LogP contribution in [0.4, 0.5) is 0 Å². The molecule has 0 aliphatic carbocycles. The van der Waals surface area contributed by atoms with Crippen molar-refractivity contribution in [3.8, 4) is 17.0 Å². The Kier molecular flexibility index (Phi) is 2.46. The summed E-state index contributed by atoms with van der Waals surface area (Å²) >= 11 is 0. The Morgan fingerprint density at radius 3 is 2.67 bits per heavy atom. The average Bonchev–Trinajstić information content (AvgIpc) is 2.67. The maximum absolute atomic E-state index is 9.73. The minimum Gasteiger partial charge on any atom is -0.507 e. The second kappa shape index (κ2) is 3.77. The van der Waals surface area contributed by atoms with Gasteiger partial charge < -0.3 is 10.1 Å². The highest BCUT2D eigenvalue weighted by Crippen LogP contribution is 2.31. The fourth-order valence-electron chi connectivity index (χ4n) is 1.63. The normalized spacial score (nSPS) is 10.9. The highest BCUT2D eigenvalue weighted by atomic mass is 16.3. The highest BCUT2D eigenvalue weighted by Gasteiger charge is 2.13. The van der Waals surface area contributed by atoms with Crippen LogP contribution in [0.3, 0.4) is 0 Å². The second-order valence-electron chi connectivity index (χ2n) is 3.84. The van der Waals surface area contributed by atoms with Gasteiger partial charge in [-0.3, -0.25) is 0 Å². The third-order valence-corrected chi connectivity index (χ3v) is 2.41. The Balaban J connectivity index is 2.55. The Morgan fingerprint density at radius 2 is 2.00 bits per heavy atom. The van der Waals surface area contributed by atoms with Crippen molar-refractivity contribution in [1.29, 1.82) is 0 Å². The molecular weight excluding hydrogens is 188 g/mol. The van der Waals surface area contributed by atoms with E-state index in [1.54, 1.807) is 18.5 Å². The Morgan fingerprint density at radius 1 is 1.27 bits per heavy atom. The molecule has 0 aliphatic heterocycles. The van der Waals surface area contributed by atoms with Crippen LogP contribution in [0.1, 0.15) is 25.5 Å². The van der Waals surface area contributed by atoms with Crippen molar-refractivity contribution in [3.05, 3.63) is 36.3 Å². The van der Waals surface area contributed by atoms with E-state index in [1.807, 2.05) is 12.1 Å². The number of rotatable bonds is 2. The molecule has 2 aromatic rings. The number of nitrogens with one attached hydrogen (secondary N) is 1. The van der Waals surface area contributed by atoms with E-state index >= 15 is 0 Å². The minimum atomic E-state index is 0.270. The molecule has 0 saturated carbocycles. The molecule has 0 spiro atoms. The van der Waals surface area contributed by atoms with Gasteiger partial charge in [-0.2, -0.15) is 0 Å². The Labute approximate surface area is 88.8 Å². The van der Waals surface area contributed by atoms with Gasteiger partial charge in [0.05, 0.1) is 12.0 Å². The smallest absolute Gasteiger partial charge is 0.125 e. The zero-order chi connectivity index (χ0) is 10.8. The van der Waals surface area contributed by atoms with Crippen LogP contribution in [0, 0.1) is 0 Å². The van der Waals surface area contributed by atoms with E-state index in [0.29, 0.717) is 5.92 Å². The summed E-state index contributed by atoms with van der Waals surface area (Å²) in [6, 6.07) is 7.25. The van der Waals surface area contributed by atoms with Crippen molar-refractivity contribution in [2.24, 2.45) is 0 Å². The number of phenols is 1. The molecule has 2 rings (SSSR count). The molecule has 0 atom stereocenters. The van der Waals surface area contributed by atoms with Crippen LogP contribution in [-0.2, 0) is 0 Å². The lowest BCUT2D eigenvalue weighted by Gasteiger charge is -2.07. The number of aromatic hydroxyl groups is 1. The van der Waals surface area contributed by atoms with Crippen molar-refractivity contribution in [2.45, 2.75) is 19.8 Å². The average molecular weight is 202 g/mol. The third kappa shape index (κ3) is 1.73. The van der Waals surface area contributed by atoms with Crippen LogP contribution in [0.25, 0.3) is 11.3 Å². The summed E-state index contributed by atoms with van der Waals surface area (Å²) in [4.78, 5) is 7.36. The van der Waals surface area contributed by atoms with Crippen LogP contribution < -0.4 is 0 Å². The van der Waals surface area contributed by atoms with Gasteiger partial charge in [0.1, 0.15) is 5.75 Å². The molecule has 1 heterocycles. The van der Waals surface area contributed by atoms with E-state index in [2.05, 4.69) is 23.8 Å². The first-order chi connectivity index (χ1) is 7.20. The number of H-pyrrole nitrogens is 1. The van der Waals surface area contributed by atoms with Gasteiger partial charge in [0.25, 0.3) is 0 Å². The van der Waals surface area contributed by atoms with Crippen LogP contribution >= 0.6 is 0 Å². The molecular formula is C12H14N2O. The lowest BCUT2D eigenvalue weighted by molar-refractivity contribution is 0.477. The summed E-state index contributed by atoms with van der Waals surface area (Å²) in [6.07, 6.45) is 1.66. The van der Waals surface area contributed by atoms with Gasteiger partial charge in [-0.25, -0.2) is 4.98 Å². The van der Waals surface area contributed by atoms with Gasteiger partial charge >= 0.3 is 0 Å². The number of hydrogen-bond donors (Lipinski definition) is 2. The van der Waals surface area contributed by atoms with Gasteiger partial charge in [0, 0.05) is 11.3 Å². The van der Waals surface area contributed by atoms with Crippen molar-refractivity contribution in [1.82, 2.24) is 9.97 Å². The highest BCUT2D eigenvalue weighted by molar-refractivity contribution is 5.68. The number of nitrogens with zero attached hydrogens (tertiary/aromatic N) is 1. The van der Waals surface area contributed by atoms with Crippen molar-refractivity contribution < 1.29 is 5.11 Å². The Hall–Kier alpha value is -1.77. The molecule has 0 amide bonds. The topological polar surface area (TPSA) is 48.9 Å². The van der Waals surface area contributed by atoms with E-state index in [-0.39, 0.29) is 5.75 Å². The monoisotopic (exact) mass is 202 g/mol. The number of benzene rings is 1. The summed E-state index contributed by atoms with van der Waals surface area (Å²) in [5.41, 5.74) is 2.67. The van der Waals surface area contributed by atoms with Crippen LogP contribution in [0.2, 0.25) is 0 Å². The van der Waals surface area contributed by atoms with Gasteiger partial charge in [-0.15, -0.1) is 0 Å². The summed E-state index contributed by atoms with van der Waals surface area (Å²) in [6.45, 7) is 4.19. The van der Waals surface area contributed by atoms with E-state index < -0.39 is 0 Å². The Bertz CT molecular complexity index is 460. The molecule has 1 aromatic heterocycles. The molecule has 0 unspecified atom stereocenters. The first-order valence-corrected chi connectivity index (χ1v) is 5.01. The maximum Gasteiger partial charge on any atom is 0.125 e. The molecule has 3 heteroatoms. The molecule has 0 bridgehead atoms. The first kappa shape index (κ1) is 9.77. The lowest BCUT2D eigenvalue weighted by Crippen LogP contribution is -1.91. The molecule has 78 valence electrons. The van der Waals surface area contributed by atoms with E-state index in [4.69, 9.17) is 0 Å². The lowest BCUT2D eigenvalue weighted by atomic mass is 10.0. The molecule has 0 saturated heterocycles. The first-order valence-electron chi connectivity index (χ1n) is 5.01. The number of aromatic amines is 1. The van der Waals surface area contributed by atoms with Crippen molar-refractivity contribution in [2.75, 3.05) is 0 Å². The van der Waals surface area contributed by atoms with Gasteiger partial charge in [-0.05, 0) is 18.1 Å². The van der Waals surface area contributed by atoms with Crippen LogP contribution in [-0.4, -0.2) is 15.1 Å². The number of imidazole rings is 1. The largest absolute Gasteiger partial charge is 0.507 e. The van der Waals surface area contributed by atoms with Crippen LogP contribution in [0.5, 0.6) is 5.75 Å². The summed E-state index contributed by atoms with van der Waals surface area (Å²) in [7, 11) is 0. The summed E-state index contributed by atoms with van der Waals surface area (Å²) in [5.74, 6) is 0.633. The number of phenolic OH excluding ortho intramolecular Hbond substituents is 1. The number of hydrogen-bond acceptors (Lipinski definition) is 2. The zero-order valence-corrected chi connectivity index (χ0v) is 8.86. The molecule has 0 radical (unpaired) electrons. The van der Waals surface area contributed by atoms with E-state index in [1.165, 1.54) is 0 Å². The molecule has 3 nitrogen and oxygen atoms in total. The molecule has 1 aromatic carbocycles. The van der Waals surface area contributed by atoms with Gasteiger partial charge in [0.15, 0.2) is 0 Å². The predicted molar refractivity (Wildman–Crippen MR) is 59.8 cm³/mol. The molecule has 2 N–H and O–H groups in total. The quantitative estimate of drug-likeness (QED) is 0.786. The standard InChI is InChI=1S/C12H14N2O/c1-8(2)11-12(14-7-13-11)9-5-3-4-6-10(9)15/h3-8,15H,1-2H3,(H,13,14). The van der Waals surface area contributed by atoms with Crippen molar-refractivity contribution >= 4 is 0 Å². The number of para-hydroxylation sites is 1. The predicted octanol–water partition coefficient (Wildman–Crippen LogP) is 2.91. The molecule has 0 aliphatic rings. The second-order valence-corrected chi connectivity index (χ2v) is 3.84. The zero-order valence-electron chi connectivity index (χ0n) is 8.86. The molecule has 15 heavy (non-hydrogen) atoms. The van der Waals surface area contributed by atoms with Gasteiger partial charge in [0.2, 0.25) is 0 Å². The fraction of sp³-hybridized carbons (Fsp3) is 0.250. The number of aromatic nitrogens is 2. The maximum atomic E-state index is 9.73. The van der Waals surface area contributed by atoms with Gasteiger partial charge in [-0.1, -0.05) is 26.0 Å². The van der Waals surface area contributed by atoms with E-state index in [9.17, 15) is 5.11 Å². The van der Waals surface area contributed by atoms with Crippen molar-refractivity contribution in [3.63, 3.8) is 0 Å². The third-order valence-electron chi connectivity index (χ3n) is 2.41.